The van der Waals surface area contributed by atoms with Crippen LogP contribution in [0.3, 0.4) is 0 Å². The van der Waals surface area contributed by atoms with E-state index in [1.54, 1.807) is 11.0 Å². The zero-order valence-electron chi connectivity index (χ0n) is 21.0. The van der Waals surface area contributed by atoms with Crippen molar-refractivity contribution in [3.05, 3.63) is 29.8 Å². The van der Waals surface area contributed by atoms with Gasteiger partial charge in [-0.1, -0.05) is 26.8 Å². The van der Waals surface area contributed by atoms with Crippen LogP contribution in [0.4, 0.5) is 5.69 Å². The van der Waals surface area contributed by atoms with E-state index in [1.807, 2.05) is 64.9 Å². The molecule has 0 spiro atoms. The monoisotopic (exact) mass is 445 g/mol. The van der Waals surface area contributed by atoms with Gasteiger partial charge >= 0.3 is 0 Å². The Kier molecular flexibility index (Phi) is 6.39. The lowest BCUT2D eigenvalue weighted by Gasteiger charge is -2.36. The lowest BCUT2D eigenvalue weighted by atomic mass is 9.81. The normalized spacial score (nSPS) is 24.9. The van der Waals surface area contributed by atoms with Crippen molar-refractivity contribution in [1.29, 1.82) is 0 Å². The molecule has 2 amide bonds. The maximum absolute atomic E-state index is 13.6. The molecule has 3 rings (SSSR count). The van der Waals surface area contributed by atoms with Crippen molar-refractivity contribution in [2.24, 2.45) is 5.41 Å². The smallest absolute Gasteiger partial charge is 0.254 e. The topological polar surface area (TPSA) is 71.1 Å². The molecule has 0 aromatic heterocycles. The highest BCUT2D eigenvalue weighted by Crippen LogP contribution is 2.38. The lowest BCUT2D eigenvalue weighted by molar-refractivity contribution is -0.162. The van der Waals surface area contributed by atoms with Crippen LogP contribution in [0.1, 0.15) is 65.2 Å². The van der Waals surface area contributed by atoms with Crippen molar-refractivity contribution >= 4 is 17.5 Å². The molecule has 1 aromatic carbocycles. The second-order valence-electron chi connectivity index (χ2n) is 11.6. The first-order valence-corrected chi connectivity index (χ1v) is 11.3. The number of carbonyl (C=O) groups excluding carboxylic acids is 2. The third kappa shape index (κ3) is 5.44. The van der Waals surface area contributed by atoms with Gasteiger partial charge in [0.05, 0.1) is 6.54 Å². The summed E-state index contributed by atoms with van der Waals surface area (Å²) in [4.78, 5) is 30.7. The van der Waals surface area contributed by atoms with Crippen molar-refractivity contribution in [2.45, 2.75) is 84.5 Å². The highest BCUT2D eigenvalue weighted by atomic mass is 16.8. The molecule has 1 N–H and O–H groups in total. The molecule has 2 saturated heterocycles. The van der Waals surface area contributed by atoms with Crippen LogP contribution >= 0.6 is 0 Å². The molecule has 32 heavy (non-hydrogen) atoms. The van der Waals surface area contributed by atoms with Crippen molar-refractivity contribution in [1.82, 2.24) is 10.2 Å². The van der Waals surface area contributed by atoms with Crippen LogP contribution in [0, 0.1) is 5.41 Å². The standard InChI is InChI=1S/C25H39N3O4/c1-23(2,3)15-24(4,5)26-21(29)19-20-18(31-25(6,7)32-20)14-28(19)22(30)16-11-10-12-17(13-16)27(8)9/h10-13,18-20H,14-15H2,1-9H3,(H,26,29)/t18-,19-,20-/m0/s1. The maximum Gasteiger partial charge on any atom is 0.254 e. The summed E-state index contributed by atoms with van der Waals surface area (Å²) in [5.41, 5.74) is 1.09. The summed E-state index contributed by atoms with van der Waals surface area (Å²) in [6.45, 7) is 14.5. The lowest BCUT2D eigenvalue weighted by Crippen LogP contribution is -2.56. The predicted octanol–water partition coefficient (Wildman–Crippen LogP) is 3.43. The number of nitrogens with one attached hydrogen (secondary N) is 1. The van der Waals surface area contributed by atoms with Gasteiger partial charge in [-0.3, -0.25) is 9.59 Å². The molecule has 7 heteroatoms. The van der Waals surface area contributed by atoms with Gasteiger partial charge in [-0.25, -0.2) is 0 Å². The molecule has 2 aliphatic heterocycles. The molecule has 0 aliphatic carbocycles. The Morgan fingerprint density at radius 2 is 1.81 bits per heavy atom. The molecule has 2 aliphatic rings. The number of ether oxygens (including phenoxy) is 2. The highest BCUT2D eigenvalue weighted by molar-refractivity contribution is 5.99. The summed E-state index contributed by atoms with van der Waals surface area (Å²) in [7, 11) is 3.86. The first-order chi connectivity index (χ1) is 14.6. The highest BCUT2D eigenvalue weighted by Gasteiger charge is 2.57. The minimum absolute atomic E-state index is 0.0477. The predicted molar refractivity (Wildman–Crippen MR) is 126 cm³/mol. The molecular weight excluding hydrogens is 406 g/mol. The van der Waals surface area contributed by atoms with Gasteiger partial charge in [0.15, 0.2) is 5.79 Å². The fourth-order valence-electron chi connectivity index (χ4n) is 5.12. The third-order valence-electron chi connectivity index (χ3n) is 5.82. The molecule has 3 atom stereocenters. The molecule has 2 heterocycles. The van der Waals surface area contributed by atoms with Gasteiger partial charge < -0.3 is 24.6 Å². The summed E-state index contributed by atoms with van der Waals surface area (Å²) in [5, 5.41) is 3.18. The van der Waals surface area contributed by atoms with E-state index in [2.05, 4.69) is 26.1 Å². The van der Waals surface area contributed by atoms with Crippen LogP contribution in [0.5, 0.6) is 0 Å². The molecule has 0 saturated carbocycles. The number of likely N-dealkylation sites (tertiary alicyclic amines) is 1. The van der Waals surface area contributed by atoms with Crippen LogP contribution < -0.4 is 10.2 Å². The Labute approximate surface area is 192 Å². The van der Waals surface area contributed by atoms with E-state index in [0.717, 1.165) is 12.1 Å². The van der Waals surface area contributed by atoms with E-state index in [1.165, 1.54) is 0 Å². The molecule has 2 fully saturated rings. The Hall–Kier alpha value is -2.12. The minimum atomic E-state index is -0.783. The quantitative estimate of drug-likeness (QED) is 0.752. The summed E-state index contributed by atoms with van der Waals surface area (Å²) in [5.74, 6) is -1.18. The second kappa shape index (κ2) is 8.34. The number of fused-ring (bicyclic) bond motifs is 1. The SMILES string of the molecule is CN(C)c1cccc(C(=O)N2C[C@@H]3OC(C)(C)O[C@@H]3[C@H]2C(=O)NC(C)(C)CC(C)(C)C)c1. The van der Waals surface area contributed by atoms with Crippen molar-refractivity contribution in [2.75, 3.05) is 25.5 Å². The Morgan fingerprint density at radius 3 is 2.41 bits per heavy atom. The van der Waals surface area contributed by atoms with Crippen LogP contribution in [0.15, 0.2) is 24.3 Å². The van der Waals surface area contributed by atoms with Gasteiger partial charge in [0.1, 0.15) is 18.2 Å². The van der Waals surface area contributed by atoms with E-state index in [-0.39, 0.29) is 23.3 Å². The van der Waals surface area contributed by atoms with E-state index >= 15 is 0 Å². The van der Waals surface area contributed by atoms with E-state index in [9.17, 15) is 9.59 Å². The Morgan fingerprint density at radius 1 is 1.16 bits per heavy atom. The van der Waals surface area contributed by atoms with Gasteiger partial charge in [0.25, 0.3) is 5.91 Å². The number of nitrogens with zero attached hydrogens (tertiary/aromatic N) is 2. The van der Waals surface area contributed by atoms with Crippen molar-refractivity contribution < 1.29 is 19.1 Å². The van der Waals surface area contributed by atoms with E-state index in [0.29, 0.717) is 12.1 Å². The largest absolute Gasteiger partial charge is 0.378 e. The average Bonchev–Trinajstić information content (AvgIpc) is 3.09. The van der Waals surface area contributed by atoms with Crippen LogP contribution in [0.2, 0.25) is 0 Å². The van der Waals surface area contributed by atoms with Gasteiger partial charge in [-0.15, -0.1) is 0 Å². The zero-order chi connectivity index (χ0) is 24.1. The summed E-state index contributed by atoms with van der Waals surface area (Å²) < 4.78 is 12.2. The Balaban J connectivity index is 1.89. The molecular formula is C25H39N3O4. The first kappa shape index (κ1) is 24.5. The number of carbonyl (C=O) groups is 2. The molecule has 0 radical (unpaired) electrons. The number of amides is 2. The Bertz CT molecular complexity index is 872. The molecule has 0 bridgehead atoms. The maximum atomic E-state index is 13.6. The van der Waals surface area contributed by atoms with Crippen molar-refractivity contribution in [3.63, 3.8) is 0 Å². The number of hydrogen-bond donors (Lipinski definition) is 1. The van der Waals surface area contributed by atoms with Gasteiger partial charge in [0, 0.05) is 30.9 Å². The molecule has 178 valence electrons. The van der Waals surface area contributed by atoms with Crippen LogP contribution in [-0.2, 0) is 14.3 Å². The van der Waals surface area contributed by atoms with Crippen LogP contribution in [0.25, 0.3) is 0 Å². The summed E-state index contributed by atoms with van der Waals surface area (Å²) in [6.07, 6.45) is -0.0438. The molecule has 1 aromatic rings. The first-order valence-electron chi connectivity index (χ1n) is 11.3. The third-order valence-corrected chi connectivity index (χ3v) is 5.82. The number of anilines is 1. The van der Waals surface area contributed by atoms with Crippen LogP contribution in [-0.4, -0.2) is 66.9 Å². The van der Waals surface area contributed by atoms with Gasteiger partial charge in [0.2, 0.25) is 5.91 Å². The molecule has 0 unspecified atom stereocenters. The van der Waals surface area contributed by atoms with Crippen molar-refractivity contribution in [3.8, 4) is 0 Å². The number of hydrogen-bond acceptors (Lipinski definition) is 5. The van der Waals surface area contributed by atoms with Gasteiger partial charge in [-0.2, -0.15) is 0 Å². The van der Waals surface area contributed by atoms with Gasteiger partial charge in [-0.05, 0) is 57.7 Å². The summed E-state index contributed by atoms with van der Waals surface area (Å²) >= 11 is 0. The zero-order valence-corrected chi connectivity index (χ0v) is 21.0. The van der Waals surface area contributed by atoms with E-state index in [4.69, 9.17) is 9.47 Å². The minimum Gasteiger partial charge on any atom is -0.378 e. The molecule has 7 nitrogen and oxygen atoms in total. The van der Waals surface area contributed by atoms with E-state index < -0.39 is 23.5 Å². The fourth-order valence-corrected chi connectivity index (χ4v) is 5.12. The summed E-state index contributed by atoms with van der Waals surface area (Å²) in [6, 6.07) is 6.69. The second-order valence-corrected chi connectivity index (χ2v) is 11.6. The average molecular weight is 446 g/mol. The number of benzene rings is 1. The fraction of sp³-hybridized carbons (Fsp3) is 0.680. The number of rotatable bonds is 5.